The summed E-state index contributed by atoms with van der Waals surface area (Å²) in [6.45, 7) is 2.51. The van der Waals surface area contributed by atoms with Gasteiger partial charge in [-0.1, -0.05) is 6.07 Å². The first-order chi connectivity index (χ1) is 14.1. The number of hydrogen-bond donors (Lipinski definition) is 2. The molecule has 4 aromatic rings. The second-order valence-corrected chi connectivity index (χ2v) is 7.19. The van der Waals surface area contributed by atoms with Crippen LogP contribution in [0.1, 0.15) is 34.8 Å². The molecule has 148 valence electrons. The van der Waals surface area contributed by atoms with Gasteiger partial charge in [0.05, 0.1) is 25.1 Å². The molecule has 1 aromatic carbocycles. The van der Waals surface area contributed by atoms with Gasteiger partial charge in [-0.2, -0.15) is 11.3 Å². The number of methoxy groups -OCH3 is 1. The van der Waals surface area contributed by atoms with E-state index in [0.29, 0.717) is 17.9 Å². The molecule has 4 rings (SSSR count). The Morgan fingerprint density at radius 1 is 1.28 bits per heavy atom. The first-order valence-electron chi connectivity index (χ1n) is 9.16. The molecule has 0 spiro atoms. The van der Waals surface area contributed by atoms with E-state index in [2.05, 4.69) is 9.97 Å². The van der Waals surface area contributed by atoms with Crippen molar-refractivity contribution in [2.24, 2.45) is 0 Å². The molecule has 0 saturated heterocycles. The fraction of sp³-hybridized carbons (Fsp3) is 0.182. The predicted molar refractivity (Wildman–Crippen MR) is 112 cm³/mol. The third-order valence-electron chi connectivity index (χ3n) is 4.65. The Bertz CT molecular complexity index is 1150. The number of aliphatic hydroxyl groups excluding tert-OH is 1. The Morgan fingerprint density at radius 3 is 2.86 bits per heavy atom. The molecule has 0 aliphatic carbocycles. The highest BCUT2D eigenvalue weighted by molar-refractivity contribution is 7.08. The lowest BCUT2D eigenvalue weighted by atomic mass is 9.99. The molecular formula is C22H20N2O4S. The molecule has 29 heavy (non-hydrogen) atoms. The quantitative estimate of drug-likeness (QED) is 0.457. The smallest absolute Gasteiger partial charge is 0.356 e. The second-order valence-electron chi connectivity index (χ2n) is 6.41. The summed E-state index contributed by atoms with van der Waals surface area (Å²) in [5.41, 5.74) is 3.88. The summed E-state index contributed by atoms with van der Waals surface area (Å²) < 4.78 is 10.4. The van der Waals surface area contributed by atoms with Gasteiger partial charge in [-0.3, -0.25) is 0 Å². The highest BCUT2D eigenvalue weighted by Gasteiger charge is 2.24. The van der Waals surface area contributed by atoms with Gasteiger partial charge in [0.1, 0.15) is 17.5 Å². The number of aromatic nitrogens is 2. The molecule has 3 heterocycles. The highest BCUT2D eigenvalue weighted by Crippen LogP contribution is 2.38. The molecular weight excluding hydrogens is 388 g/mol. The number of H-pyrrole nitrogens is 1. The number of esters is 1. The number of ether oxygens (including phenoxy) is 2. The van der Waals surface area contributed by atoms with E-state index in [1.165, 1.54) is 7.11 Å². The van der Waals surface area contributed by atoms with E-state index in [1.54, 1.807) is 29.5 Å². The molecule has 0 radical (unpaired) electrons. The molecule has 6 nitrogen and oxygen atoms in total. The number of fused-ring (bicyclic) bond motifs is 1. The van der Waals surface area contributed by atoms with Gasteiger partial charge in [-0.05, 0) is 42.6 Å². The standard InChI is InChI=1S/C22H20N2O4S/c1-3-28-14-7-8-15-18(11-14)24-20(13-9-10-29-12-13)19(15)21(25)16-5-4-6-17(23-16)22(26)27-2/h4-12,21,24-25H,3H2,1-2H3. The molecule has 1 atom stereocenters. The fourth-order valence-corrected chi connectivity index (χ4v) is 3.99. The van der Waals surface area contributed by atoms with Crippen molar-refractivity contribution in [1.82, 2.24) is 9.97 Å². The SMILES string of the molecule is CCOc1ccc2c(C(O)c3cccc(C(=O)OC)n3)c(-c3ccsc3)[nH]c2c1. The van der Waals surface area contributed by atoms with Crippen molar-refractivity contribution < 1.29 is 19.4 Å². The van der Waals surface area contributed by atoms with Gasteiger partial charge in [-0.15, -0.1) is 0 Å². The second kappa shape index (κ2) is 8.06. The van der Waals surface area contributed by atoms with Crippen molar-refractivity contribution in [3.8, 4) is 17.0 Å². The van der Waals surface area contributed by atoms with Gasteiger partial charge < -0.3 is 19.6 Å². The largest absolute Gasteiger partial charge is 0.494 e. The maximum absolute atomic E-state index is 11.9. The molecule has 0 amide bonds. The molecule has 0 fully saturated rings. The van der Waals surface area contributed by atoms with E-state index in [1.807, 2.05) is 41.9 Å². The Labute approximate surface area is 171 Å². The van der Waals surface area contributed by atoms with Crippen molar-refractivity contribution in [1.29, 1.82) is 0 Å². The summed E-state index contributed by atoms with van der Waals surface area (Å²) in [7, 11) is 1.30. The van der Waals surface area contributed by atoms with Gasteiger partial charge in [0.25, 0.3) is 0 Å². The van der Waals surface area contributed by atoms with Crippen LogP contribution < -0.4 is 4.74 Å². The molecule has 1 unspecified atom stereocenters. The summed E-state index contributed by atoms with van der Waals surface area (Å²) in [6.07, 6.45) is -1.03. The topological polar surface area (TPSA) is 84.4 Å². The Balaban J connectivity index is 1.87. The molecule has 7 heteroatoms. The van der Waals surface area contributed by atoms with Crippen molar-refractivity contribution in [3.63, 3.8) is 0 Å². The third-order valence-corrected chi connectivity index (χ3v) is 5.33. The van der Waals surface area contributed by atoms with Crippen molar-refractivity contribution >= 4 is 28.2 Å². The van der Waals surface area contributed by atoms with Gasteiger partial charge >= 0.3 is 5.97 Å². The zero-order chi connectivity index (χ0) is 20.4. The number of rotatable bonds is 6. The van der Waals surface area contributed by atoms with Crippen LogP contribution in [0.15, 0.2) is 53.2 Å². The molecule has 3 aromatic heterocycles. The van der Waals surface area contributed by atoms with E-state index >= 15 is 0 Å². The van der Waals surface area contributed by atoms with Crippen molar-refractivity contribution in [2.45, 2.75) is 13.0 Å². The number of aliphatic hydroxyl groups is 1. The minimum atomic E-state index is -1.03. The minimum Gasteiger partial charge on any atom is -0.494 e. The number of carbonyl (C=O) groups excluding carboxylic acids is 1. The van der Waals surface area contributed by atoms with Crippen LogP contribution in [0.3, 0.4) is 0 Å². The highest BCUT2D eigenvalue weighted by atomic mass is 32.1. The molecule has 0 aliphatic rings. The van der Waals surface area contributed by atoms with Crippen LogP contribution in [-0.4, -0.2) is 34.8 Å². The van der Waals surface area contributed by atoms with Crippen LogP contribution in [0, 0.1) is 0 Å². The van der Waals surface area contributed by atoms with Crippen LogP contribution in [0.25, 0.3) is 22.2 Å². The number of carbonyl (C=O) groups is 1. The lowest BCUT2D eigenvalue weighted by molar-refractivity contribution is 0.0593. The summed E-state index contributed by atoms with van der Waals surface area (Å²) >= 11 is 1.58. The van der Waals surface area contributed by atoms with E-state index in [4.69, 9.17) is 9.47 Å². The van der Waals surface area contributed by atoms with E-state index in [0.717, 1.165) is 27.9 Å². The number of thiophene rings is 1. The molecule has 0 bridgehead atoms. The van der Waals surface area contributed by atoms with Crippen LogP contribution in [-0.2, 0) is 4.74 Å². The summed E-state index contributed by atoms with van der Waals surface area (Å²) in [5.74, 6) is 0.211. The Kier molecular flexibility index (Phi) is 5.33. The van der Waals surface area contributed by atoms with Crippen LogP contribution >= 0.6 is 11.3 Å². The number of pyridine rings is 1. The van der Waals surface area contributed by atoms with Gasteiger partial charge in [-0.25, -0.2) is 9.78 Å². The van der Waals surface area contributed by atoms with E-state index in [-0.39, 0.29) is 5.69 Å². The van der Waals surface area contributed by atoms with Crippen LogP contribution in [0.5, 0.6) is 5.75 Å². The average Bonchev–Trinajstić information content (AvgIpc) is 3.40. The number of benzene rings is 1. The third kappa shape index (κ3) is 3.62. The monoisotopic (exact) mass is 408 g/mol. The van der Waals surface area contributed by atoms with Crippen molar-refractivity contribution in [3.05, 3.63) is 70.2 Å². The Hall–Kier alpha value is -3.16. The van der Waals surface area contributed by atoms with Crippen LogP contribution in [0.2, 0.25) is 0 Å². The van der Waals surface area contributed by atoms with E-state index < -0.39 is 12.1 Å². The van der Waals surface area contributed by atoms with Gasteiger partial charge in [0, 0.05) is 33.5 Å². The maximum Gasteiger partial charge on any atom is 0.356 e. The molecule has 0 aliphatic heterocycles. The predicted octanol–water partition coefficient (Wildman–Crippen LogP) is 4.56. The number of hydrogen-bond acceptors (Lipinski definition) is 6. The summed E-state index contributed by atoms with van der Waals surface area (Å²) in [6, 6.07) is 12.7. The van der Waals surface area contributed by atoms with Gasteiger partial charge in [0.15, 0.2) is 0 Å². The number of nitrogens with one attached hydrogen (secondary N) is 1. The molecule has 2 N–H and O–H groups in total. The van der Waals surface area contributed by atoms with Gasteiger partial charge in [0.2, 0.25) is 0 Å². The fourth-order valence-electron chi connectivity index (χ4n) is 3.34. The minimum absolute atomic E-state index is 0.152. The number of nitrogens with zero attached hydrogens (tertiary/aromatic N) is 1. The van der Waals surface area contributed by atoms with Crippen molar-refractivity contribution in [2.75, 3.05) is 13.7 Å². The summed E-state index contributed by atoms with van der Waals surface area (Å²) in [5, 5.41) is 16.1. The number of aromatic amines is 1. The molecule has 0 saturated carbocycles. The van der Waals surface area contributed by atoms with E-state index in [9.17, 15) is 9.90 Å². The lowest BCUT2D eigenvalue weighted by Gasteiger charge is -2.13. The normalized spacial score (nSPS) is 12.1. The Morgan fingerprint density at radius 2 is 2.14 bits per heavy atom. The zero-order valence-corrected chi connectivity index (χ0v) is 16.8. The lowest BCUT2D eigenvalue weighted by Crippen LogP contribution is -2.09. The first-order valence-corrected chi connectivity index (χ1v) is 10.1. The summed E-state index contributed by atoms with van der Waals surface area (Å²) in [4.78, 5) is 19.6. The first kappa shape index (κ1) is 19.2. The average molecular weight is 408 g/mol. The zero-order valence-electron chi connectivity index (χ0n) is 16.0. The maximum atomic E-state index is 11.9. The van der Waals surface area contributed by atoms with Crippen LogP contribution in [0.4, 0.5) is 0 Å².